The van der Waals surface area contributed by atoms with Gasteiger partial charge in [0.15, 0.2) is 15.0 Å². The Morgan fingerprint density at radius 2 is 2.08 bits per heavy atom. The maximum absolute atomic E-state index is 13.5. The Morgan fingerprint density at radius 3 is 2.69 bits per heavy atom. The van der Waals surface area contributed by atoms with Gasteiger partial charge >= 0.3 is 0 Å². The SMILES string of the molecule is CCC(CC)C(=O)N=C1SC2CS(=O)(=O)CC2N1c1ccc(F)c(Cl)c1. The van der Waals surface area contributed by atoms with E-state index in [9.17, 15) is 17.6 Å². The van der Waals surface area contributed by atoms with Gasteiger partial charge in [-0.05, 0) is 31.0 Å². The number of fused-ring (bicyclic) bond motifs is 1. The summed E-state index contributed by atoms with van der Waals surface area (Å²) < 4.78 is 37.6. The van der Waals surface area contributed by atoms with Gasteiger partial charge in [-0.1, -0.05) is 37.2 Å². The minimum Gasteiger partial charge on any atom is -0.316 e. The molecule has 1 aromatic carbocycles. The van der Waals surface area contributed by atoms with Crippen LogP contribution in [0.1, 0.15) is 26.7 Å². The van der Waals surface area contributed by atoms with Crippen LogP contribution >= 0.6 is 23.4 Å². The van der Waals surface area contributed by atoms with Crippen molar-refractivity contribution in [1.29, 1.82) is 0 Å². The van der Waals surface area contributed by atoms with E-state index >= 15 is 0 Å². The predicted octanol–water partition coefficient (Wildman–Crippen LogP) is 3.52. The molecule has 0 radical (unpaired) electrons. The zero-order valence-electron chi connectivity index (χ0n) is 14.5. The molecular weight excluding hydrogens is 399 g/mol. The minimum atomic E-state index is -3.15. The monoisotopic (exact) mass is 418 g/mol. The molecule has 2 heterocycles. The van der Waals surface area contributed by atoms with Crippen LogP contribution in [-0.2, 0) is 14.6 Å². The molecule has 2 aliphatic heterocycles. The molecule has 1 aromatic rings. The van der Waals surface area contributed by atoms with Crippen molar-refractivity contribution in [3.05, 3.63) is 29.0 Å². The first-order valence-electron chi connectivity index (χ1n) is 8.49. The van der Waals surface area contributed by atoms with Crippen molar-refractivity contribution in [2.75, 3.05) is 16.4 Å². The molecule has 0 bridgehead atoms. The number of anilines is 1. The second kappa shape index (κ2) is 7.48. The van der Waals surface area contributed by atoms with Crippen molar-refractivity contribution >= 4 is 50.0 Å². The van der Waals surface area contributed by atoms with E-state index in [2.05, 4.69) is 4.99 Å². The van der Waals surface area contributed by atoms with Crippen LogP contribution in [0.3, 0.4) is 0 Å². The molecule has 2 fully saturated rings. The number of aliphatic imine (C=N–C) groups is 1. The first-order chi connectivity index (χ1) is 12.3. The third-order valence-electron chi connectivity index (χ3n) is 4.79. The molecule has 2 unspecified atom stereocenters. The molecule has 3 rings (SSSR count). The van der Waals surface area contributed by atoms with Crippen molar-refractivity contribution in [1.82, 2.24) is 0 Å². The van der Waals surface area contributed by atoms with Gasteiger partial charge in [0.05, 0.1) is 22.6 Å². The van der Waals surface area contributed by atoms with Crippen LogP contribution in [-0.4, -0.2) is 42.3 Å². The number of carbonyl (C=O) groups is 1. The summed E-state index contributed by atoms with van der Waals surface area (Å²) in [5, 5.41) is 0.217. The number of hydrogen-bond donors (Lipinski definition) is 0. The van der Waals surface area contributed by atoms with E-state index in [4.69, 9.17) is 11.6 Å². The topological polar surface area (TPSA) is 66.8 Å². The molecule has 5 nitrogen and oxygen atoms in total. The van der Waals surface area contributed by atoms with Gasteiger partial charge in [0.25, 0.3) is 5.91 Å². The van der Waals surface area contributed by atoms with Gasteiger partial charge in [-0.25, -0.2) is 12.8 Å². The van der Waals surface area contributed by atoms with Crippen molar-refractivity contribution < 1.29 is 17.6 Å². The summed E-state index contributed by atoms with van der Waals surface area (Å²) in [7, 11) is -3.15. The standard InChI is InChI=1S/C17H20ClFN2O3S2/c1-3-10(4-2)16(22)20-17-21(11-5-6-13(19)12(18)7-11)14-8-26(23,24)9-15(14)25-17/h5-7,10,14-15H,3-4,8-9H2,1-2H3. The number of carbonyl (C=O) groups excluding carboxylic acids is 1. The summed E-state index contributed by atoms with van der Waals surface area (Å²) in [6.45, 7) is 3.87. The molecule has 2 aliphatic rings. The molecule has 26 heavy (non-hydrogen) atoms. The normalized spacial score (nSPS) is 25.9. The quantitative estimate of drug-likeness (QED) is 0.748. The second-order valence-corrected chi connectivity index (χ2v) is 10.3. The van der Waals surface area contributed by atoms with Gasteiger partial charge in [0.2, 0.25) is 0 Å². The summed E-state index contributed by atoms with van der Waals surface area (Å²) >= 11 is 7.21. The third kappa shape index (κ3) is 3.77. The van der Waals surface area contributed by atoms with Crippen LogP contribution in [0.2, 0.25) is 5.02 Å². The van der Waals surface area contributed by atoms with Gasteiger partial charge in [0, 0.05) is 16.9 Å². The highest BCUT2D eigenvalue weighted by molar-refractivity contribution is 8.16. The first kappa shape index (κ1) is 19.6. The minimum absolute atomic E-state index is 0.0160. The Kier molecular flexibility index (Phi) is 5.65. The Morgan fingerprint density at radius 1 is 1.38 bits per heavy atom. The highest BCUT2D eigenvalue weighted by Gasteiger charge is 2.49. The zero-order chi connectivity index (χ0) is 19.1. The number of benzene rings is 1. The summed E-state index contributed by atoms with van der Waals surface area (Å²) in [6.07, 6.45) is 1.39. The molecule has 142 valence electrons. The van der Waals surface area contributed by atoms with Crippen molar-refractivity contribution in [2.45, 2.75) is 38.0 Å². The van der Waals surface area contributed by atoms with Crippen molar-refractivity contribution in [3.8, 4) is 0 Å². The largest absolute Gasteiger partial charge is 0.316 e. The number of amidine groups is 1. The van der Waals surface area contributed by atoms with E-state index in [1.54, 1.807) is 4.90 Å². The third-order valence-corrected chi connectivity index (χ3v) is 8.29. The Bertz CT molecular complexity index is 856. The maximum Gasteiger partial charge on any atom is 0.251 e. The number of amides is 1. The predicted molar refractivity (Wildman–Crippen MR) is 104 cm³/mol. The zero-order valence-corrected chi connectivity index (χ0v) is 16.9. The number of rotatable bonds is 4. The Balaban J connectivity index is 2.01. The smallest absolute Gasteiger partial charge is 0.251 e. The second-order valence-electron chi connectivity index (χ2n) is 6.52. The van der Waals surface area contributed by atoms with Crippen LogP contribution < -0.4 is 4.90 Å². The fraction of sp³-hybridized carbons (Fsp3) is 0.529. The average Bonchev–Trinajstić information content (AvgIpc) is 3.02. The number of thioether (sulfide) groups is 1. The Labute approximate surface area is 161 Å². The summed E-state index contributed by atoms with van der Waals surface area (Å²) in [5.41, 5.74) is 0.546. The van der Waals surface area contributed by atoms with E-state index in [-0.39, 0.29) is 39.6 Å². The molecule has 0 saturated carbocycles. The van der Waals surface area contributed by atoms with E-state index in [1.165, 1.54) is 30.0 Å². The maximum atomic E-state index is 13.5. The van der Waals surface area contributed by atoms with Crippen molar-refractivity contribution in [3.63, 3.8) is 0 Å². The lowest BCUT2D eigenvalue weighted by Crippen LogP contribution is -2.38. The summed E-state index contributed by atoms with van der Waals surface area (Å²) in [6, 6.07) is 3.88. The van der Waals surface area contributed by atoms with Crippen LogP contribution in [0, 0.1) is 11.7 Å². The molecule has 0 spiro atoms. The first-order valence-corrected chi connectivity index (χ1v) is 11.6. The van der Waals surface area contributed by atoms with Crippen LogP contribution in [0.5, 0.6) is 0 Å². The van der Waals surface area contributed by atoms with Crippen molar-refractivity contribution in [2.24, 2.45) is 10.9 Å². The molecule has 1 amide bonds. The molecule has 0 N–H and O–H groups in total. The number of halogens is 2. The molecular formula is C17H20ClFN2O3S2. The molecule has 0 aliphatic carbocycles. The highest BCUT2D eigenvalue weighted by atomic mass is 35.5. The van der Waals surface area contributed by atoms with Gasteiger partial charge in [-0.3, -0.25) is 4.79 Å². The molecule has 2 saturated heterocycles. The van der Waals surface area contributed by atoms with Gasteiger partial charge in [-0.15, -0.1) is 0 Å². The van der Waals surface area contributed by atoms with Gasteiger partial charge in [0.1, 0.15) is 5.82 Å². The van der Waals surface area contributed by atoms with Gasteiger partial charge < -0.3 is 4.90 Å². The molecule has 9 heteroatoms. The lowest BCUT2D eigenvalue weighted by atomic mass is 10.0. The van der Waals surface area contributed by atoms with E-state index in [0.717, 1.165) is 0 Å². The van der Waals surface area contributed by atoms with E-state index in [0.29, 0.717) is 23.7 Å². The van der Waals surface area contributed by atoms with E-state index < -0.39 is 15.7 Å². The molecule has 0 aromatic heterocycles. The van der Waals surface area contributed by atoms with Crippen LogP contribution in [0.4, 0.5) is 10.1 Å². The van der Waals surface area contributed by atoms with Crippen LogP contribution in [0.15, 0.2) is 23.2 Å². The number of nitrogens with zero attached hydrogens (tertiary/aromatic N) is 2. The fourth-order valence-corrected chi connectivity index (χ4v) is 7.42. The molecule has 2 atom stereocenters. The number of hydrogen-bond acceptors (Lipinski definition) is 4. The van der Waals surface area contributed by atoms with Gasteiger partial charge in [-0.2, -0.15) is 4.99 Å². The summed E-state index contributed by atoms with van der Waals surface area (Å²) in [4.78, 5) is 18.5. The number of sulfone groups is 1. The summed E-state index contributed by atoms with van der Waals surface area (Å²) in [5.74, 6) is -0.891. The lowest BCUT2D eigenvalue weighted by Gasteiger charge is -2.25. The van der Waals surface area contributed by atoms with Crippen LogP contribution in [0.25, 0.3) is 0 Å². The van der Waals surface area contributed by atoms with E-state index in [1.807, 2.05) is 13.8 Å². The Hall–Kier alpha value is -1.12. The highest BCUT2D eigenvalue weighted by Crippen LogP contribution is 2.41. The average molecular weight is 419 g/mol. The fourth-order valence-electron chi connectivity index (χ4n) is 3.32. The lowest BCUT2D eigenvalue weighted by molar-refractivity contribution is -0.121.